The fraction of sp³-hybridized carbons (Fsp3) is 0.885. The molecule has 0 radical (unpaired) electrons. The first-order valence-corrected chi connectivity index (χ1v) is 29.8. The van der Waals surface area contributed by atoms with Crippen LogP contribution in [0.15, 0.2) is 24.3 Å². The Balaban J connectivity index is 4.33. The first-order chi connectivity index (χ1) is 33.0. The zero-order chi connectivity index (χ0) is 48.6. The third-order valence-electron chi connectivity index (χ3n) is 13.5. The molecule has 0 aromatic rings. The molecule has 0 aliphatic rings. The van der Waals surface area contributed by atoms with Gasteiger partial charge < -0.3 is 14.2 Å². The van der Waals surface area contributed by atoms with E-state index < -0.39 is 6.10 Å². The molecular weight excluding hydrogens is 829 g/mol. The summed E-state index contributed by atoms with van der Waals surface area (Å²) in [4.78, 5) is 38.2. The summed E-state index contributed by atoms with van der Waals surface area (Å²) in [7, 11) is 0. The summed E-state index contributed by atoms with van der Waals surface area (Å²) in [5, 5.41) is 0. The number of hydrogen-bond acceptors (Lipinski definition) is 6. The third-order valence-corrected chi connectivity index (χ3v) is 13.5. The fourth-order valence-electron chi connectivity index (χ4n) is 8.95. The van der Waals surface area contributed by atoms with Crippen LogP contribution in [0.2, 0.25) is 0 Å². The van der Waals surface area contributed by atoms with E-state index >= 15 is 0 Å². The van der Waals surface area contributed by atoms with Gasteiger partial charge in [-0.25, -0.2) is 0 Å². The minimum Gasteiger partial charge on any atom is -0.462 e. The Morgan fingerprint density at radius 2 is 0.537 bits per heavy atom. The molecule has 0 N–H and O–H groups in total. The van der Waals surface area contributed by atoms with Crippen LogP contribution in [0.5, 0.6) is 0 Å². The highest BCUT2D eigenvalue weighted by Crippen LogP contribution is 2.17. The van der Waals surface area contributed by atoms with Crippen molar-refractivity contribution in [2.45, 2.75) is 335 Å². The lowest BCUT2D eigenvalue weighted by atomic mass is 10.0. The summed E-state index contributed by atoms with van der Waals surface area (Å²) < 4.78 is 16.9. The van der Waals surface area contributed by atoms with Gasteiger partial charge in [-0.1, -0.05) is 283 Å². The van der Waals surface area contributed by atoms with E-state index in [1.165, 1.54) is 218 Å². The van der Waals surface area contributed by atoms with E-state index in [0.29, 0.717) is 19.3 Å². The Morgan fingerprint density at radius 3 is 0.851 bits per heavy atom. The van der Waals surface area contributed by atoms with Crippen LogP contribution in [0.25, 0.3) is 0 Å². The third kappa shape index (κ3) is 54.7. The molecule has 0 aromatic heterocycles. The second-order valence-electron chi connectivity index (χ2n) is 20.3. The number of rotatable bonds is 55. The standard InChI is InChI=1S/C61H114O6/c1-4-7-10-13-16-19-22-25-28-30-33-36-39-42-45-48-51-54-60(63)66-57-58(56-65-59(62)53-50-47-44-41-38-35-32-27-24-21-18-15-12-9-6-3)67-61(64)55-52-49-46-43-40-37-34-31-29-26-23-20-17-14-11-8-5-2/h16,19,25,28,58H,4-15,17-18,20-24,26-27,29-57H2,1-3H3/b19-16+,28-25+/t58-/m1/s1. The molecule has 0 saturated carbocycles. The van der Waals surface area contributed by atoms with Gasteiger partial charge in [0.1, 0.15) is 13.2 Å². The summed E-state index contributed by atoms with van der Waals surface area (Å²) in [5.41, 5.74) is 0. The maximum atomic E-state index is 12.9. The van der Waals surface area contributed by atoms with Crippen molar-refractivity contribution in [1.29, 1.82) is 0 Å². The lowest BCUT2D eigenvalue weighted by molar-refractivity contribution is -0.167. The van der Waals surface area contributed by atoms with Gasteiger partial charge in [0.25, 0.3) is 0 Å². The number of esters is 3. The summed E-state index contributed by atoms with van der Waals surface area (Å²) in [6, 6.07) is 0. The molecule has 0 saturated heterocycles. The predicted octanol–water partition coefficient (Wildman–Crippen LogP) is 19.9. The molecular formula is C61H114O6. The highest BCUT2D eigenvalue weighted by atomic mass is 16.6. The van der Waals surface area contributed by atoms with Gasteiger partial charge in [-0.15, -0.1) is 0 Å². The zero-order valence-corrected chi connectivity index (χ0v) is 45.2. The van der Waals surface area contributed by atoms with Crippen molar-refractivity contribution in [3.8, 4) is 0 Å². The van der Waals surface area contributed by atoms with Crippen molar-refractivity contribution in [2.24, 2.45) is 0 Å². The lowest BCUT2D eigenvalue weighted by Gasteiger charge is -2.18. The van der Waals surface area contributed by atoms with Crippen molar-refractivity contribution in [1.82, 2.24) is 0 Å². The van der Waals surface area contributed by atoms with E-state index in [2.05, 4.69) is 45.1 Å². The smallest absolute Gasteiger partial charge is 0.306 e. The predicted molar refractivity (Wildman–Crippen MR) is 289 cm³/mol. The van der Waals surface area contributed by atoms with Crippen molar-refractivity contribution in [2.75, 3.05) is 13.2 Å². The SMILES string of the molecule is CCCCC/C=C/C/C=C/CCCCCCCCCC(=O)OC[C@@H](COC(=O)CCCCCCCCCCCCCCCCC)OC(=O)CCCCCCCCCCCCCCCCCCC. The Hall–Kier alpha value is -2.11. The van der Waals surface area contributed by atoms with Gasteiger partial charge in [-0.3, -0.25) is 14.4 Å². The number of carbonyl (C=O) groups excluding carboxylic acids is 3. The van der Waals surface area contributed by atoms with E-state index in [9.17, 15) is 14.4 Å². The first-order valence-electron chi connectivity index (χ1n) is 29.8. The molecule has 0 aliphatic heterocycles. The normalized spacial score (nSPS) is 12.1. The monoisotopic (exact) mass is 943 g/mol. The molecule has 0 aliphatic carbocycles. The van der Waals surface area contributed by atoms with Crippen LogP contribution in [0.4, 0.5) is 0 Å². The molecule has 67 heavy (non-hydrogen) atoms. The molecule has 0 fully saturated rings. The van der Waals surface area contributed by atoms with E-state index in [4.69, 9.17) is 14.2 Å². The maximum absolute atomic E-state index is 12.9. The molecule has 0 bridgehead atoms. The highest BCUT2D eigenvalue weighted by Gasteiger charge is 2.19. The Morgan fingerprint density at radius 1 is 0.299 bits per heavy atom. The van der Waals surface area contributed by atoms with E-state index in [0.717, 1.165) is 70.6 Å². The summed E-state index contributed by atoms with van der Waals surface area (Å²) in [6.07, 6.45) is 65.9. The Labute approximate surface area is 417 Å². The maximum Gasteiger partial charge on any atom is 0.306 e. The minimum absolute atomic E-state index is 0.0679. The molecule has 0 rings (SSSR count). The minimum atomic E-state index is -0.769. The second-order valence-corrected chi connectivity index (χ2v) is 20.3. The Kier molecular flexibility index (Phi) is 54.7. The molecule has 0 aromatic carbocycles. The van der Waals surface area contributed by atoms with Crippen molar-refractivity contribution < 1.29 is 28.6 Å². The number of carbonyl (C=O) groups is 3. The molecule has 6 nitrogen and oxygen atoms in total. The van der Waals surface area contributed by atoms with Gasteiger partial charge in [0.2, 0.25) is 0 Å². The second kappa shape index (κ2) is 56.5. The van der Waals surface area contributed by atoms with Gasteiger partial charge >= 0.3 is 17.9 Å². The van der Waals surface area contributed by atoms with Crippen LogP contribution in [-0.2, 0) is 28.6 Å². The zero-order valence-electron chi connectivity index (χ0n) is 45.2. The van der Waals surface area contributed by atoms with Crippen LogP contribution in [0, 0.1) is 0 Å². The lowest BCUT2D eigenvalue weighted by Crippen LogP contribution is -2.30. The van der Waals surface area contributed by atoms with Crippen LogP contribution in [0.1, 0.15) is 329 Å². The summed E-state index contributed by atoms with van der Waals surface area (Å²) >= 11 is 0. The van der Waals surface area contributed by atoms with E-state index in [-0.39, 0.29) is 31.1 Å². The molecule has 6 heteroatoms. The van der Waals surface area contributed by atoms with Crippen LogP contribution in [0.3, 0.4) is 0 Å². The van der Waals surface area contributed by atoms with Crippen molar-refractivity contribution in [3.63, 3.8) is 0 Å². The largest absolute Gasteiger partial charge is 0.462 e. The summed E-state index contributed by atoms with van der Waals surface area (Å²) in [5.74, 6) is -0.852. The quantitative estimate of drug-likeness (QED) is 0.0262. The average molecular weight is 944 g/mol. The molecule has 394 valence electrons. The van der Waals surface area contributed by atoms with Crippen molar-refractivity contribution >= 4 is 17.9 Å². The van der Waals surface area contributed by atoms with Crippen molar-refractivity contribution in [3.05, 3.63) is 24.3 Å². The van der Waals surface area contributed by atoms with E-state index in [1.54, 1.807) is 0 Å². The average Bonchev–Trinajstić information content (AvgIpc) is 3.33. The van der Waals surface area contributed by atoms with Crippen LogP contribution in [-0.4, -0.2) is 37.2 Å². The number of hydrogen-bond donors (Lipinski definition) is 0. The Bertz CT molecular complexity index is 1080. The highest BCUT2D eigenvalue weighted by molar-refractivity contribution is 5.71. The molecule has 0 amide bonds. The number of allylic oxidation sites excluding steroid dienone is 4. The molecule has 0 spiro atoms. The van der Waals surface area contributed by atoms with Gasteiger partial charge in [-0.05, 0) is 51.4 Å². The molecule has 1 atom stereocenters. The topological polar surface area (TPSA) is 78.9 Å². The first kappa shape index (κ1) is 64.9. The molecule has 0 unspecified atom stereocenters. The van der Waals surface area contributed by atoms with Gasteiger partial charge in [0, 0.05) is 19.3 Å². The van der Waals surface area contributed by atoms with Crippen LogP contribution < -0.4 is 0 Å². The summed E-state index contributed by atoms with van der Waals surface area (Å²) in [6.45, 7) is 6.67. The number of unbranched alkanes of at least 4 members (excludes halogenated alkanes) is 40. The van der Waals surface area contributed by atoms with Gasteiger partial charge in [0.05, 0.1) is 0 Å². The van der Waals surface area contributed by atoms with E-state index in [1.807, 2.05) is 0 Å². The van der Waals surface area contributed by atoms with Crippen LogP contribution >= 0.6 is 0 Å². The number of ether oxygens (including phenoxy) is 3. The molecule has 0 heterocycles. The van der Waals surface area contributed by atoms with Gasteiger partial charge in [0.15, 0.2) is 6.10 Å². The van der Waals surface area contributed by atoms with Gasteiger partial charge in [-0.2, -0.15) is 0 Å². The fourth-order valence-corrected chi connectivity index (χ4v) is 8.95.